The summed E-state index contributed by atoms with van der Waals surface area (Å²) in [4.78, 5) is 9.81. The normalized spacial score (nSPS) is 24.3. The lowest BCUT2D eigenvalue weighted by Crippen LogP contribution is -2.46. The van der Waals surface area contributed by atoms with Gasteiger partial charge in [0, 0.05) is 43.3 Å². The van der Waals surface area contributed by atoms with Crippen LogP contribution in [0.5, 0.6) is 0 Å². The number of benzene rings is 1. The number of hydrogen-bond acceptors (Lipinski definition) is 4. The van der Waals surface area contributed by atoms with E-state index < -0.39 is 0 Å². The topological polar surface area (TPSA) is 52.1 Å². The number of nitrogens with one attached hydrogen (secondary N) is 2. The van der Waals surface area contributed by atoms with Crippen molar-refractivity contribution in [2.45, 2.75) is 38.8 Å². The molecule has 2 aliphatic heterocycles. The number of nitrogens with zero attached hydrogens (tertiary/aromatic N) is 3. The van der Waals surface area contributed by atoms with Gasteiger partial charge in [0.25, 0.3) is 0 Å². The zero-order valence-electron chi connectivity index (χ0n) is 19.1. The number of guanidine groups is 1. The second kappa shape index (κ2) is 13.8. The first-order chi connectivity index (χ1) is 14.6. The van der Waals surface area contributed by atoms with Gasteiger partial charge in [-0.1, -0.05) is 23.7 Å². The highest BCUT2D eigenvalue weighted by Gasteiger charge is 2.30. The molecule has 8 heteroatoms. The number of hydrogen-bond donors (Lipinski definition) is 2. The summed E-state index contributed by atoms with van der Waals surface area (Å²) in [7, 11) is 2.22. The Morgan fingerprint density at radius 1 is 1.26 bits per heavy atom. The van der Waals surface area contributed by atoms with Crippen LogP contribution in [0.1, 0.15) is 38.3 Å². The Hall–Kier alpha value is -0.610. The largest absolute Gasteiger partial charge is 0.379 e. The summed E-state index contributed by atoms with van der Waals surface area (Å²) < 4.78 is 5.47. The van der Waals surface area contributed by atoms with E-state index in [1.165, 1.54) is 18.4 Å². The maximum absolute atomic E-state index is 6.29. The monoisotopic (exact) mass is 563 g/mol. The third kappa shape index (κ3) is 8.03. The molecule has 2 aliphatic rings. The van der Waals surface area contributed by atoms with Crippen LogP contribution in [-0.2, 0) is 4.74 Å². The zero-order valence-corrected chi connectivity index (χ0v) is 22.2. The molecule has 2 saturated heterocycles. The first-order valence-electron chi connectivity index (χ1n) is 11.4. The van der Waals surface area contributed by atoms with Crippen molar-refractivity contribution < 1.29 is 4.74 Å². The number of rotatable bonds is 7. The highest BCUT2D eigenvalue weighted by atomic mass is 127. The molecule has 0 amide bonds. The molecule has 2 fully saturated rings. The second-order valence-electron chi connectivity index (χ2n) is 8.48. The van der Waals surface area contributed by atoms with Gasteiger partial charge in [0.05, 0.1) is 19.8 Å². The fraction of sp³-hybridized carbons (Fsp3) is 0.696. The summed E-state index contributed by atoms with van der Waals surface area (Å²) in [6.45, 7) is 11.7. The smallest absolute Gasteiger partial charge is 0.191 e. The number of piperidine rings is 1. The van der Waals surface area contributed by atoms with Crippen molar-refractivity contribution in [3.63, 3.8) is 0 Å². The van der Waals surface area contributed by atoms with Gasteiger partial charge in [-0.2, -0.15) is 0 Å². The third-order valence-electron chi connectivity index (χ3n) is 6.26. The summed E-state index contributed by atoms with van der Waals surface area (Å²) in [5, 5.41) is 7.85. The van der Waals surface area contributed by atoms with Gasteiger partial charge < -0.3 is 15.4 Å². The Morgan fingerprint density at radius 3 is 2.74 bits per heavy atom. The predicted molar refractivity (Wildman–Crippen MR) is 141 cm³/mol. The Balaban J connectivity index is 0.00000341. The highest BCUT2D eigenvalue weighted by molar-refractivity contribution is 14.0. The minimum Gasteiger partial charge on any atom is -0.379 e. The molecule has 0 saturated carbocycles. The second-order valence-corrected chi connectivity index (χ2v) is 8.92. The molecule has 0 spiro atoms. The van der Waals surface area contributed by atoms with E-state index in [0.29, 0.717) is 18.0 Å². The van der Waals surface area contributed by atoms with E-state index in [4.69, 9.17) is 21.3 Å². The molecule has 0 radical (unpaired) electrons. The number of morpholine rings is 1. The molecule has 3 atom stereocenters. The average Bonchev–Trinajstić information content (AvgIpc) is 2.76. The highest BCUT2D eigenvalue weighted by Crippen LogP contribution is 2.35. The van der Waals surface area contributed by atoms with Crippen molar-refractivity contribution in [1.82, 2.24) is 20.4 Å². The standard InChI is InChI=1S/C23H38ClN5O.HI/c1-4-25-23(26-16-18(2)29-11-13-30-14-12-29)27-17-20-8-6-10-28(3)22(20)19-7-5-9-21(24)15-19;/h5,7,9,15,18,20,22H,4,6,8,10-14,16-17H2,1-3H3,(H2,25,26,27);1H. The van der Waals surface area contributed by atoms with Gasteiger partial charge in [0.1, 0.15) is 0 Å². The lowest BCUT2D eigenvalue weighted by molar-refractivity contribution is 0.0220. The number of likely N-dealkylation sites (tertiary alicyclic amines) is 1. The van der Waals surface area contributed by atoms with E-state index in [-0.39, 0.29) is 24.0 Å². The van der Waals surface area contributed by atoms with E-state index in [9.17, 15) is 0 Å². The van der Waals surface area contributed by atoms with Crippen molar-refractivity contribution in [3.8, 4) is 0 Å². The van der Waals surface area contributed by atoms with E-state index >= 15 is 0 Å². The SMILES string of the molecule is CCNC(=NCC(C)N1CCOCC1)NCC1CCCN(C)C1c1cccc(Cl)c1.I. The van der Waals surface area contributed by atoms with Gasteiger partial charge in [-0.15, -0.1) is 24.0 Å². The van der Waals surface area contributed by atoms with Crippen LogP contribution in [-0.4, -0.2) is 81.3 Å². The fourth-order valence-electron chi connectivity index (χ4n) is 4.62. The van der Waals surface area contributed by atoms with Crippen LogP contribution in [0.15, 0.2) is 29.3 Å². The maximum atomic E-state index is 6.29. The number of aliphatic imine (C=N–C) groups is 1. The first-order valence-corrected chi connectivity index (χ1v) is 11.8. The molecular weight excluding hydrogens is 525 g/mol. The lowest BCUT2D eigenvalue weighted by atomic mass is 9.85. The first kappa shape index (κ1) is 26.6. The zero-order chi connectivity index (χ0) is 21.3. The fourth-order valence-corrected chi connectivity index (χ4v) is 4.82. The van der Waals surface area contributed by atoms with E-state index in [1.54, 1.807) is 0 Å². The molecule has 3 rings (SSSR count). The average molecular weight is 564 g/mol. The summed E-state index contributed by atoms with van der Waals surface area (Å²) in [5.74, 6) is 1.43. The Morgan fingerprint density at radius 2 is 2.03 bits per heavy atom. The molecule has 0 aromatic heterocycles. The number of halogens is 2. The van der Waals surface area contributed by atoms with Crippen LogP contribution in [0.3, 0.4) is 0 Å². The van der Waals surface area contributed by atoms with Crippen LogP contribution in [0.25, 0.3) is 0 Å². The molecule has 2 N–H and O–H groups in total. The van der Waals surface area contributed by atoms with E-state index in [2.05, 4.69) is 59.5 Å². The molecule has 6 nitrogen and oxygen atoms in total. The minimum absolute atomic E-state index is 0. The maximum Gasteiger partial charge on any atom is 0.191 e. The Bertz CT molecular complexity index is 686. The van der Waals surface area contributed by atoms with Crippen molar-refractivity contribution in [2.75, 3.05) is 59.5 Å². The van der Waals surface area contributed by atoms with Gasteiger partial charge in [-0.25, -0.2) is 0 Å². The lowest BCUT2D eigenvalue weighted by Gasteiger charge is -2.40. The summed E-state index contributed by atoms with van der Waals surface area (Å²) in [6, 6.07) is 9.12. The molecule has 1 aromatic rings. The van der Waals surface area contributed by atoms with Crippen molar-refractivity contribution >= 4 is 41.5 Å². The predicted octanol–water partition coefficient (Wildman–Crippen LogP) is 3.62. The van der Waals surface area contributed by atoms with Gasteiger partial charge in [-0.05, 0) is 63.9 Å². The van der Waals surface area contributed by atoms with Gasteiger partial charge in [-0.3, -0.25) is 14.8 Å². The summed E-state index contributed by atoms with van der Waals surface area (Å²) in [6.07, 6.45) is 2.43. The van der Waals surface area contributed by atoms with Crippen molar-refractivity contribution in [2.24, 2.45) is 10.9 Å². The molecule has 31 heavy (non-hydrogen) atoms. The quantitative estimate of drug-likeness (QED) is 0.302. The Kier molecular flexibility index (Phi) is 11.9. The molecule has 2 heterocycles. The molecule has 176 valence electrons. The van der Waals surface area contributed by atoms with Crippen LogP contribution >= 0.6 is 35.6 Å². The summed E-state index contributed by atoms with van der Waals surface area (Å²) in [5.41, 5.74) is 1.30. The van der Waals surface area contributed by atoms with Crippen molar-refractivity contribution in [3.05, 3.63) is 34.9 Å². The van der Waals surface area contributed by atoms with Crippen LogP contribution in [0.2, 0.25) is 5.02 Å². The summed E-state index contributed by atoms with van der Waals surface area (Å²) >= 11 is 6.29. The molecular formula is C23H39ClIN5O. The molecule has 1 aromatic carbocycles. The van der Waals surface area contributed by atoms with Crippen LogP contribution in [0, 0.1) is 5.92 Å². The molecule has 3 unspecified atom stereocenters. The van der Waals surface area contributed by atoms with Gasteiger partial charge in [0.2, 0.25) is 0 Å². The molecule has 0 bridgehead atoms. The van der Waals surface area contributed by atoms with Gasteiger partial charge in [0.15, 0.2) is 5.96 Å². The number of ether oxygens (including phenoxy) is 1. The van der Waals surface area contributed by atoms with Crippen LogP contribution in [0.4, 0.5) is 0 Å². The van der Waals surface area contributed by atoms with E-state index in [0.717, 1.165) is 63.5 Å². The Labute approximate surface area is 210 Å². The van der Waals surface area contributed by atoms with Crippen molar-refractivity contribution in [1.29, 1.82) is 0 Å². The molecule has 0 aliphatic carbocycles. The van der Waals surface area contributed by atoms with E-state index in [1.807, 2.05) is 6.07 Å². The van der Waals surface area contributed by atoms with Gasteiger partial charge >= 0.3 is 0 Å². The third-order valence-corrected chi connectivity index (χ3v) is 6.49. The van der Waals surface area contributed by atoms with Crippen LogP contribution < -0.4 is 10.6 Å². The minimum atomic E-state index is 0.